The van der Waals surface area contributed by atoms with Gasteiger partial charge in [-0.1, -0.05) is 13.8 Å². The number of rotatable bonds is 10. The van der Waals surface area contributed by atoms with Crippen molar-refractivity contribution in [2.24, 2.45) is 5.92 Å². The van der Waals surface area contributed by atoms with Gasteiger partial charge in [0.05, 0.1) is 37.8 Å². The third-order valence-corrected chi connectivity index (χ3v) is 4.92. The van der Waals surface area contributed by atoms with Crippen molar-refractivity contribution in [1.29, 1.82) is 0 Å². The molecule has 3 rings (SSSR count). The number of anilines is 2. The zero-order chi connectivity index (χ0) is 23.3. The fraction of sp³-hybridized carbons (Fsp3) is 0.435. The summed E-state index contributed by atoms with van der Waals surface area (Å²) in [5.74, 6) is 1.06. The normalized spacial score (nSPS) is 11.2. The monoisotopic (exact) mass is 442 g/mol. The van der Waals surface area contributed by atoms with E-state index in [0.29, 0.717) is 42.8 Å². The minimum absolute atomic E-state index is 0.172. The number of carbonyl (C=O) groups excluding carboxylic acids is 2. The van der Waals surface area contributed by atoms with Gasteiger partial charge in [0.1, 0.15) is 17.2 Å². The lowest BCUT2D eigenvalue weighted by atomic mass is 10.1. The fourth-order valence-corrected chi connectivity index (χ4v) is 3.49. The second kappa shape index (κ2) is 10.3. The maximum absolute atomic E-state index is 12.7. The second-order valence-electron chi connectivity index (χ2n) is 7.97. The molecule has 32 heavy (non-hydrogen) atoms. The summed E-state index contributed by atoms with van der Waals surface area (Å²) < 4.78 is 17.5. The average molecular weight is 443 g/mol. The van der Waals surface area contributed by atoms with Gasteiger partial charge < -0.3 is 29.1 Å². The molecular weight excluding hydrogens is 412 g/mol. The molecule has 0 aliphatic rings. The first-order valence-electron chi connectivity index (χ1n) is 10.5. The number of hydrogen-bond donors (Lipinski definition) is 2. The number of nitrogens with zero attached hydrogens (tertiary/aromatic N) is 2. The van der Waals surface area contributed by atoms with E-state index in [1.54, 1.807) is 17.9 Å². The molecule has 0 aromatic carbocycles. The number of pyridine rings is 1. The summed E-state index contributed by atoms with van der Waals surface area (Å²) in [5.41, 5.74) is 1.91. The van der Waals surface area contributed by atoms with E-state index in [-0.39, 0.29) is 17.5 Å². The van der Waals surface area contributed by atoms with Crippen LogP contribution in [0.25, 0.3) is 11.0 Å². The lowest BCUT2D eigenvalue weighted by Crippen LogP contribution is -2.19. The highest BCUT2D eigenvalue weighted by atomic mass is 16.5. The predicted molar refractivity (Wildman–Crippen MR) is 122 cm³/mol. The predicted octanol–water partition coefficient (Wildman–Crippen LogP) is 3.97. The topological polar surface area (TPSA) is 108 Å². The molecule has 1 amide bonds. The summed E-state index contributed by atoms with van der Waals surface area (Å²) in [6.45, 7) is 7.03. The highest BCUT2D eigenvalue weighted by molar-refractivity contribution is 6.11. The minimum atomic E-state index is -0.556. The highest BCUT2D eigenvalue weighted by Crippen LogP contribution is 2.33. The lowest BCUT2D eigenvalue weighted by Gasteiger charge is -2.11. The Kier molecular flexibility index (Phi) is 7.53. The van der Waals surface area contributed by atoms with Crippen LogP contribution in [0.2, 0.25) is 0 Å². The number of carbonyl (C=O) groups is 2. The summed E-state index contributed by atoms with van der Waals surface area (Å²) >= 11 is 0. The molecular formula is C23H30N4O5. The number of amides is 1. The second-order valence-corrected chi connectivity index (χ2v) is 7.97. The van der Waals surface area contributed by atoms with Gasteiger partial charge in [0.25, 0.3) is 0 Å². The molecule has 0 atom stereocenters. The quantitative estimate of drug-likeness (QED) is 0.458. The lowest BCUT2D eigenvalue weighted by molar-refractivity contribution is -0.116. The van der Waals surface area contributed by atoms with Crippen molar-refractivity contribution in [3.05, 3.63) is 41.6 Å². The summed E-state index contributed by atoms with van der Waals surface area (Å²) in [4.78, 5) is 29.9. The van der Waals surface area contributed by atoms with Gasteiger partial charge in [-0.3, -0.25) is 4.79 Å². The van der Waals surface area contributed by atoms with Gasteiger partial charge in [0.2, 0.25) is 5.91 Å². The molecule has 3 heterocycles. The van der Waals surface area contributed by atoms with Crippen LogP contribution in [-0.4, -0.2) is 42.3 Å². The van der Waals surface area contributed by atoms with Gasteiger partial charge in [-0.2, -0.15) is 0 Å². The number of aromatic nitrogens is 2. The molecule has 0 fully saturated rings. The van der Waals surface area contributed by atoms with Crippen LogP contribution in [0.5, 0.6) is 0 Å². The number of esters is 1. The number of aryl methyl sites for hydroxylation is 1. The Balaban J connectivity index is 2.05. The van der Waals surface area contributed by atoms with Crippen LogP contribution in [0.4, 0.5) is 11.4 Å². The van der Waals surface area contributed by atoms with Crippen LogP contribution < -0.4 is 10.6 Å². The van der Waals surface area contributed by atoms with E-state index in [9.17, 15) is 9.59 Å². The largest absolute Gasteiger partial charge is 0.465 e. The molecule has 2 N–H and O–H groups in total. The molecule has 0 unspecified atom stereocenters. The summed E-state index contributed by atoms with van der Waals surface area (Å²) in [6.07, 6.45) is 2.01. The van der Waals surface area contributed by atoms with Crippen molar-refractivity contribution < 1.29 is 23.5 Å². The smallest absolute Gasteiger partial charge is 0.356 e. The van der Waals surface area contributed by atoms with Gasteiger partial charge in [-0.15, -0.1) is 0 Å². The first kappa shape index (κ1) is 23.3. The van der Waals surface area contributed by atoms with E-state index in [4.69, 9.17) is 13.9 Å². The number of methoxy groups -OCH3 is 2. The molecule has 0 saturated carbocycles. The van der Waals surface area contributed by atoms with E-state index in [1.807, 2.05) is 39.0 Å². The molecule has 0 aliphatic heterocycles. The minimum Gasteiger partial charge on any atom is -0.465 e. The van der Waals surface area contributed by atoms with Crippen LogP contribution in [-0.2, 0) is 27.4 Å². The summed E-state index contributed by atoms with van der Waals surface area (Å²) in [7, 11) is 2.90. The third kappa shape index (κ3) is 5.28. The molecule has 0 saturated heterocycles. The van der Waals surface area contributed by atoms with Crippen LogP contribution in [0.3, 0.4) is 0 Å². The molecule has 172 valence electrons. The molecule has 0 bridgehead atoms. The fourth-order valence-electron chi connectivity index (χ4n) is 3.49. The van der Waals surface area contributed by atoms with Gasteiger partial charge in [-0.05, 0) is 31.0 Å². The van der Waals surface area contributed by atoms with Crippen LogP contribution in [0.15, 0.2) is 28.8 Å². The third-order valence-electron chi connectivity index (χ3n) is 4.92. The van der Waals surface area contributed by atoms with Crippen molar-refractivity contribution in [3.63, 3.8) is 0 Å². The van der Waals surface area contributed by atoms with Crippen molar-refractivity contribution >= 4 is 34.3 Å². The first-order chi connectivity index (χ1) is 15.3. The standard InChI is InChI=1S/C23H30N4O5/c1-14(2)10-19(28)26-20-18-11-16(24-13-17-7-6-15(3)32-17)12-25-22(18)27(8-9-30-4)21(20)23(29)31-5/h6-7,11-12,14,24H,8-10,13H2,1-5H3,(H,26,28). The van der Waals surface area contributed by atoms with E-state index in [0.717, 1.165) is 17.2 Å². The van der Waals surface area contributed by atoms with Crippen LogP contribution >= 0.6 is 0 Å². The highest BCUT2D eigenvalue weighted by Gasteiger charge is 2.26. The Labute approximate surface area is 187 Å². The Morgan fingerprint density at radius 3 is 2.66 bits per heavy atom. The Hall–Kier alpha value is -3.33. The van der Waals surface area contributed by atoms with Gasteiger partial charge >= 0.3 is 5.97 Å². The zero-order valence-electron chi connectivity index (χ0n) is 19.2. The summed E-state index contributed by atoms with van der Waals surface area (Å²) in [5, 5.41) is 6.83. The molecule has 9 nitrogen and oxygen atoms in total. The summed E-state index contributed by atoms with van der Waals surface area (Å²) in [6, 6.07) is 5.67. The van der Waals surface area contributed by atoms with E-state index in [1.165, 1.54) is 7.11 Å². The number of ether oxygens (including phenoxy) is 2. The average Bonchev–Trinajstić information content (AvgIpc) is 3.30. The van der Waals surface area contributed by atoms with Gasteiger partial charge in [0, 0.05) is 25.5 Å². The first-order valence-corrected chi connectivity index (χ1v) is 10.5. The van der Waals surface area contributed by atoms with Gasteiger partial charge in [0.15, 0.2) is 5.69 Å². The molecule has 0 aliphatic carbocycles. The number of furan rings is 1. The molecule has 3 aromatic rings. The van der Waals surface area contributed by atoms with Gasteiger partial charge in [-0.25, -0.2) is 9.78 Å². The molecule has 3 aromatic heterocycles. The maximum atomic E-state index is 12.7. The number of hydrogen-bond acceptors (Lipinski definition) is 7. The van der Waals surface area contributed by atoms with E-state index >= 15 is 0 Å². The van der Waals surface area contributed by atoms with Crippen molar-refractivity contribution in [2.75, 3.05) is 31.5 Å². The Bertz CT molecular complexity index is 1100. The number of fused-ring (bicyclic) bond motifs is 1. The molecule has 9 heteroatoms. The molecule has 0 spiro atoms. The van der Waals surface area contributed by atoms with Crippen LogP contribution in [0.1, 0.15) is 42.3 Å². The van der Waals surface area contributed by atoms with Crippen LogP contribution in [0, 0.1) is 12.8 Å². The van der Waals surface area contributed by atoms with Crippen molar-refractivity contribution in [3.8, 4) is 0 Å². The van der Waals surface area contributed by atoms with Crippen molar-refractivity contribution in [2.45, 2.75) is 40.3 Å². The Morgan fingerprint density at radius 1 is 1.25 bits per heavy atom. The van der Waals surface area contributed by atoms with Crippen molar-refractivity contribution in [1.82, 2.24) is 9.55 Å². The van der Waals surface area contributed by atoms with E-state index < -0.39 is 5.97 Å². The maximum Gasteiger partial charge on any atom is 0.356 e. The SMILES string of the molecule is COCCn1c(C(=O)OC)c(NC(=O)CC(C)C)c2cc(NCc3ccc(C)o3)cnc21. The molecule has 0 radical (unpaired) electrons. The number of nitrogens with one attached hydrogen (secondary N) is 2. The zero-order valence-corrected chi connectivity index (χ0v) is 19.2. The Morgan fingerprint density at radius 2 is 2.03 bits per heavy atom. The van der Waals surface area contributed by atoms with E-state index in [2.05, 4.69) is 15.6 Å².